The van der Waals surface area contributed by atoms with Crippen molar-refractivity contribution in [1.29, 1.82) is 0 Å². The van der Waals surface area contributed by atoms with Crippen molar-refractivity contribution in [3.63, 3.8) is 0 Å². The number of rotatable bonds is 3. The molecule has 1 aliphatic carbocycles. The number of ketones is 1. The van der Waals surface area contributed by atoms with Crippen molar-refractivity contribution in [2.75, 3.05) is 23.8 Å². The minimum Gasteiger partial charge on any atom is -0.300 e. The number of thioether (sulfide) groups is 1. The summed E-state index contributed by atoms with van der Waals surface area (Å²) >= 11 is 1.73. The van der Waals surface area contributed by atoms with Crippen molar-refractivity contribution < 1.29 is 13.2 Å². The molecule has 2 fully saturated rings. The third-order valence-electron chi connectivity index (χ3n) is 3.92. The van der Waals surface area contributed by atoms with Crippen LogP contribution in [0.3, 0.4) is 0 Å². The van der Waals surface area contributed by atoms with Gasteiger partial charge >= 0.3 is 0 Å². The van der Waals surface area contributed by atoms with E-state index in [0.29, 0.717) is 24.4 Å². The molecule has 0 radical (unpaired) electrons. The lowest BCUT2D eigenvalue weighted by molar-refractivity contribution is -0.121. The average molecular weight is 291 g/mol. The Morgan fingerprint density at radius 2 is 2.00 bits per heavy atom. The van der Waals surface area contributed by atoms with Crippen LogP contribution >= 0.6 is 11.8 Å². The predicted octanol–water partition coefficient (Wildman–Crippen LogP) is 1.31. The van der Waals surface area contributed by atoms with E-state index in [1.165, 1.54) is 0 Å². The Hall–Kier alpha value is -0.0700. The van der Waals surface area contributed by atoms with E-state index in [4.69, 9.17) is 0 Å². The normalized spacial score (nSPS) is 28.5. The summed E-state index contributed by atoms with van der Waals surface area (Å²) in [4.78, 5) is 13.4. The predicted molar refractivity (Wildman–Crippen MR) is 74.5 cm³/mol. The van der Waals surface area contributed by atoms with Crippen LogP contribution in [0, 0.1) is 0 Å². The van der Waals surface area contributed by atoms with E-state index in [9.17, 15) is 13.2 Å². The van der Waals surface area contributed by atoms with Gasteiger partial charge in [0.25, 0.3) is 0 Å². The van der Waals surface area contributed by atoms with E-state index in [-0.39, 0.29) is 17.2 Å². The van der Waals surface area contributed by atoms with E-state index in [2.05, 4.69) is 4.90 Å². The van der Waals surface area contributed by atoms with Crippen molar-refractivity contribution in [3.05, 3.63) is 0 Å². The first-order valence-electron chi connectivity index (χ1n) is 6.61. The van der Waals surface area contributed by atoms with Crippen LogP contribution in [-0.2, 0) is 14.6 Å². The SMILES string of the molecule is CCS(=O)(=O)C1CSCCN1C1CCC(=O)CC1. The first-order valence-corrected chi connectivity index (χ1v) is 9.48. The molecule has 6 heteroatoms. The van der Waals surface area contributed by atoms with Gasteiger partial charge in [-0.1, -0.05) is 6.92 Å². The number of hydrogen-bond donors (Lipinski definition) is 0. The lowest BCUT2D eigenvalue weighted by Gasteiger charge is -2.41. The summed E-state index contributed by atoms with van der Waals surface area (Å²) in [5, 5.41) is -0.334. The molecule has 0 aromatic carbocycles. The number of sulfone groups is 1. The Morgan fingerprint density at radius 3 is 2.61 bits per heavy atom. The zero-order chi connectivity index (χ0) is 13.2. The summed E-state index contributed by atoms with van der Waals surface area (Å²) in [7, 11) is -3.01. The molecule has 1 saturated heterocycles. The van der Waals surface area contributed by atoms with Crippen molar-refractivity contribution in [2.45, 2.75) is 44.0 Å². The van der Waals surface area contributed by atoms with Gasteiger partial charge in [-0.05, 0) is 12.8 Å². The Kier molecular flexibility index (Phi) is 4.72. The van der Waals surface area contributed by atoms with Gasteiger partial charge in [0.05, 0.1) is 0 Å². The maximum atomic E-state index is 12.1. The largest absolute Gasteiger partial charge is 0.300 e. The molecule has 1 saturated carbocycles. The molecule has 1 unspecified atom stereocenters. The highest BCUT2D eigenvalue weighted by atomic mass is 32.2. The van der Waals surface area contributed by atoms with Gasteiger partial charge < -0.3 is 0 Å². The van der Waals surface area contributed by atoms with Gasteiger partial charge in [0, 0.05) is 42.7 Å². The summed E-state index contributed by atoms with van der Waals surface area (Å²) in [6, 6.07) is 0.287. The molecule has 18 heavy (non-hydrogen) atoms. The van der Waals surface area contributed by atoms with Crippen molar-refractivity contribution in [3.8, 4) is 0 Å². The quantitative estimate of drug-likeness (QED) is 0.784. The Morgan fingerprint density at radius 1 is 1.33 bits per heavy atom. The monoisotopic (exact) mass is 291 g/mol. The molecule has 1 atom stereocenters. The molecule has 1 aliphatic heterocycles. The fourth-order valence-corrected chi connectivity index (χ4v) is 5.86. The summed E-state index contributed by atoms with van der Waals surface area (Å²) in [5.74, 6) is 2.22. The smallest absolute Gasteiger partial charge is 0.166 e. The van der Waals surface area contributed by atoms with Gasteiger partial charge in [-0.2, -0.15) is 11.8 Å². The number of carbonyl (C=O) groups excluding carboxylic acids is 1. The average Bonchev–Trinajstić information content (AvgIpc) is 2.40. The van der Waals surface area contributed by atoms with Crippen LogP contribution in [0.25, 0.3) is 0 Å². The molecular formula is C12H21NO3S2. The van der Waals surface area contributed by atoms with Crippen LogP contribution in [-0.4, -0.2) is 54.3 Å². The molecule has 2 aliphatic rings. The lowest BCUT2D eigenvalue weighted by atomic mass is 9.93. The van der Waals surface area contributed by atoms with E-state index in [1.807, 2.05) is 0 Å². The molecule has 2 rings (SSSR count). The summed E-state index contributed by atoms with van der Waals surface area (Å²) in [6.07, 6.45) is 2.90. The first kappa shape index (κ1) is 14.3. The van der Waals surface area contributed by atoms with Gasteiger partial charge in [0.15, 0.2) is 9.84 Å². The van der Waals surface area contributed by atoms with Crippen LogP contribution in [0.2, 0.25) is 0 Å². The first-order chi connectivity index (χ1) is 8.54. The molecular weight excluding hydrogens is 270 g/mol. The molecule has 4 nitrogen and oxygen atoms in total. The van der Waals surface area contributed by atoms with E-state index >= 15 is 0 Å². The second-order valence-electron chi connectivity index (χ2n) is 4.99. The third kappa shape index (κ3) is 3.08. The number of carbonyl (C=O) groups is 1. The Labute approximate surface area is 113 Å². The van der Waals surface area contributed by atoms with Crippen LogP contribution in [0.5, 0.6) is 0 Å². The van der Waals surface area contributed by atoms with Gasteiger partial charge in [0.1, 0.15) is 11.2 Å². The minimum absolute atomic E-state index is 0.209. The van der Waals surface area contributed by atoms with Gasteiger partial charge in [0.2, 0.25) is 0 Å². The zero-order valence-electron chi connectivity index (χ0n) is 10.8. The highest BCUT2D eigenvalue weighted by Gasteiger charge is 2.37. The number of nitrogens with zero attached hydrogens (tertiary/aromatic N) is 1. The van der Waals surface area contributed by atoms with E-state index in [0.717, 1.165) is 25.1 Å². The summed E-state index contributed by atoms with van der Waals surface area (Å²) < 4.78 is 24.3. The fraction of sp³-hybridized carbons (Fsp3) is 0.917. The fourth-order valence-electron chi connectivity index (χ4n) is 2.77. The maximum absolute atomic E-state index is 12.1. The summed E-state index contributed by atoms with van der Waals surface area (Å²) in [5.41, 5.74) is 0. The van der Waals surface area contributed by atoms with Crippen LogP contribution < -0.4 is 0 Å². The second kappa shape index (κ2) is 5.92. The number of Topliss-reactive ketones (excluding diaryl/α,β-unsaturated/α-hetero) is 1. The van der Waals surface area contributed by atoms with Crippen molar-refractivity contribution in [2.24, 2.45) is 0 Å². The molecule has 0 aromatic heterocycles. The van der Waals surface area contributed by atoms with Crippen LogP contribution in [0.4, 0.5) is 0 Å². The Balaban J connectivity index is 2.11. The molecule has 0 bridgehead atoms. The van der Waals surface area contributed by atoms with Crippen LogP contribution in [0.1, 0.15) is 32.6 Å². The van der Waals surface area contributed by atoms with E-state index in [1.54, 1.807) is 18.7 Å². The second-order valence-corrected chi connectivity index (χ2v) is 8.59. The van der Waals surface area contributed by atoms with E-state index < -0.39 is 9.84 Å². The molecule has 0 aromatic rings. The van der Waals surface area contributed by atoms with Crippen molar-refractivity contribution >= 4 is 27.4 Å². The highest BCUT2D eigenvalue weighted by molar-refractivity contribution is 8.01. The third-order valence-corrected chi connectivity index (χ3v) is 7.23. The standard InChI is InChI=1S/C12H21NO3S2/c1-2-18(15,16)12-9-17-8-7-13(12)10-3-5-11(14)6-4-10/h10,12H,2-9H2,1H3. The summed E-state index contributed by atoms with van der Waals surface area (Å²) in [6.45, 7) is 2.56. The lowest BCUT2D eigenvalue weighted by Crippen LogP contribution is -2.53. The zero-order valence-corrected chi connectivity index (χ0v) is 12.4. The molecule has 0 spiro atoms. The van der Waals surface area contributed by atoms with Gasteiger partial charge in [-0.15, -0.1) is 0 Å². The molecule has 0 amide bonds. The topological polar surface area (TPSA) is 54.5 Å². The molecule has 104 valence electrons. The Bertz CT molecular complexity index is 398. The van der Waals surface area contributed by atoms with Crippen LogP contribution in [0.15, 0.2) is 0 Å². The van der Waals surface area contributed by atoms with Crippen molar-refractivity contribution in [1.82, 2.24) is 4.90 Å². The van der Waals surface area contributed by atoms with Gasteiger partial charge in [-0.3, -0.25) is 9.69 Å². The highest BCUT2D eigenvalue weighted by Crippen LogP contribution is 2.29. The van der Waals surface area contributed by atoms with Gasteiger partial charge in [-0.25, -0.2) is 8.42 Å². The molecule has 1 heterocycles. The molecule has 0 N–H and O–H groups in total. The number of hydrogen-bond acceptors (Lipinski definition) is 5. The maximum Gasteiger partial charge on any atom is 0.166 e. The minimum atomic E-state index is -3.01.